The van der Waals surface area contributed by atoms with Gasteiger partial charge in [0.2, 0.25) is 15.9 Å². The summed E-state index contributed by atoms with van der Waals surface area (Å²) in [7, 11) is -2.34. The van der Waals surface area contributed by atoms with Crippen molar-refractivity contribution in [3.8, 4) is 0 Å². The Morgan fingerprint density at radius 2 is 1.66 bits per heavy atom. The molecule has 0 saturated heterocycles. The van der Waals surface area contributed by atoms with Crippen molar-refractivity contribution in [1.29, 1.82) is 0 Å². The zero-order valence-corrected chi connectivity index (χ0v) is 18.5. The summed E-state index contributed by atoms with van der Waals surface area (Å²) in [6.07, 6.45) is 0.246. The number of hydrogen-bond acceptors (Lipinski definition) is 4. The minimum absolute atomic E-state index is 0.221. The zero-order chi connectivity index (χ0) is 21.6. The zero-order valence-electron chi connectivity index (χ0n) is 17.7. The van der Waals surface area contributed by atoms with Gasteiger partial charge in [-0.1, -0.05) is 48.0 Å². The molecule has 0 aliphatic rings. The summed E-state index contributed by atoms with van der Waals surface area (Å²) in [6.45, 7) is 7.60. The van der Waals surface area contributed by atoms with E-state index < -0.39 is 16.1 Å². The van der Waals surface area contributed by atoms with E-state index in [0.29, 0.717) is 17.7 Å². The highest BCUT2D eigenvalue weighted by molar-refractivity contribution is 7.89. The summed E-state index contributed by atoms with van der Waals surface area (Å²) >= 11 is 0. The lowest BCUT2D eigenvalue weighted by Gasteiger charge is -2.22. The number of aryl methyl sites for hydroxylation is 3. The van der Waals surface area contributed by atoms with E-state index in [1.165, 1.54) is 0 Å². The summed E-state index contributed by atoms with van der Waals surface area (Å²) in [4.78, 5) is 13.1. The van der Waals surface area contributed by atoms with Crippen LogP contribution in [0.2, 0.25) is 0 Å². The fourth-order valence-electron chi connectivity index (χ4n) is 3.51. The Bertz CT molecular complexity index is 920. The Balaban J connectivity index is 2.34. The van der Waals surface area contributed by atoms with E-state index >= 15 is 0 Å². The van der Waals surface area contributed by atoms with Crippen LogP contribution in [0, 0.1) is 20.8 Å². The lowest BCUT2D eigenvalue weighted by Crippen LogP contribution is -2.51. The molecule has 0 aliphatic heterocycles. The molecule has 29 heavy (non-hydrogen) atoms. The van der Waals surface area contributed by atoms with Gasteiger partial charge >= 0.3 is 0 Å². The molecular weight excluding hydrogens is 388 g/mol. The third-order valence-corrected chi connectivity index (χ3v) is 6.35. The van der Waals surface area contributed by atoms with E-state index in [-0.39, 0.29) is 23.3 Å². The molecular formula is C22H30N2O4S. The second-order valence-electron chi connectivity index (χ2n) is 7.46. The van der Waals surface area contributed by atoms with Crippen LogP contribution >= 0.6 is 0 Å². The average Bonchev–Trinajstić information content (AvgIpc) is 2.60. The van der Waals surface area contributed by atoms with E-state index in [1.807, 2.05) is 56.3 Å². The second kappa shape index (κ2) is 10.0. The number of benzene rings is 2. The number of methoxy groups -OCH3 is 1. The van der Waals surface area contributed by atoms with E-state index in [0.717, 1.165) is 11.1 Å². The molecule has 2 aromatic carbocycles. The maximum atomic E-state index is 13.2. The van der Waals surface area contributed by atoms with Crippen molar-refractivity contribution in [3.63, 3.8) is 0 Å². The maximum Gasteiger partial charge on any atom is 0.241 e. The van der Waals surface area contributed by atoms with Gasteiger partial charge in [-0.15, -0.1) is 0 Å². The largest absolute Gasteiger partial charge is 0.383 e. The molecule has 2 atom stereocenters. The highest BCUT2D eigenvalue weighted by atomic mass is 32.2. The molecule has 6 nitrogen and oxygen atoms in total. The quantitative estimate of drug-likeness (QED) is 0.656. The van der Waals surface area contributed by atoms with Gasteiger partial charge in [-0.05, 0) is 50.8 Å². The highest BCUT2D eigenvalue weighted by Gasteiger charge is 2.29. The smallest absolute Gasteiger partial charge is 0.241 e. The molecule has 1 amide bonds. The molecule has 0 unspecified atom stereocenters. The van der Waals surface area contributed by atoms with E-state index in [9.17, 15) is 13.2 Å². The first-order chi connectivity index (χ1) is 13.6. The molecule has 158 valence electrons. The predicted molar refractivity (Wildman–Crippen MR) is 114 cm³/mol. The number of rotatable bonds is 9. The summed E-state index contributed by atoms with van der Waals surface area (Å²) in [6, 6.07) is 11.8. The van der Waals surface area contributed by atoms with E-state index in [4.69, 9.17) is 4.74 Å². The van der Waals surface area contributed by atoms with E-state index in [1.54, 1.807) is 21.0 Å². The second-order valence-corrected chi connectivity index (χ2v) is 9.11. The van der Waals surface area contributed by atoms with Gasteiger partial charge in [-0.3, -0.25) is 4.79 Å². The van der Waals surface area contributed by atoms with Gasteiger partial charge in [0, 0.05) is 13.2 Å². The average molecular weight is 419 g/mol. The number of carbonyl (C=O) groups is 1. The third-order valence-electron chi connectivity index (χ3n) is 4.58. The number of nitrogens with one attached hydrogen (secondary N) is 2. The molecule has 7 heteroatoms. The lowest BCUT2D eigenvalue weighted by atomic mass is 10.1. The van der Waals surface area contributed by atoms with Crippen molar-refractivity contribution in [2.45, 2.75) is 51.1 Å². The van der Waals surface area contributed by atoms with Crippen LogP contribution < -0.4 is 10.0 Å². The number of ether oxygens (including phenoxy) is 1. The number of carbonyl (C=O) groups excluding carboxylic acids is 1. The number of hydrogen-bond donors (Lipinski definition) is 2. The van der Waals surface area contributed by atoms with Gasteiger partial charge in [-0.2, -0.15) is 4.72 Å². The Kier molecular flexibility index (Phi) is 7.96. The van der Waals surface area contributed by atoms with Crippen LogP contribution in [0.5, 0.6) is 0 Å². The Labute approximate surface area is 173 Å². The van der Waals surface area contributed by atoms with Crippen LogP contribution in [0.25, 0.3) is 0 Å². The normalized spacial score (nSPS) is 13.7. The molecule has 2 aromatic rings. The number of amides is 1. The Hall–Kier alpha value is -2.22. The summed E-state index contributed by atoms with van der Waals surface area (Å²) in [5, 5.41) is 2.82. The van der Waals surface area contributed by atoms with Crippen molar-refractivity contribution >= 4 is 15.9 Å². The first-order valence-corrected chi connectivity index (χ1v) is 11.1. The fraction of sp³-hybridized carbons (Fsp3) is 0.409. The van der Waals surface area contributed by atoms with Crippen LogP contribution in [0.15, 0.2) is 47.4 Å². The van der Waals surface area contributed by atoms with E-state index in [2.05, 4.69) is 10.0 Å². The van der Waals surface area contributed by atoms with Crippen LogP contribution in [0.4, 0.5) is 0 Å². The van der Waals surface area contributed by atoms with Gasteiger partial charge < -0.3 is 10.1 Å². The molecule has 0 bridgehead atoms. The fourth-order valence-corrected chi connectivity index (χ4v) is 5.16. The predicted octanol–water partition coefficient (Wildman–Crippen LogP) is 2.65. The van der Waals surface area contributed by atoms with Gasteiger partial charge in [0.25, 0.3) is 0 Å². The monoisotopic (exact) mass is 418 g/mol. The molecule has 0 radical (unpaired) electrons. The molecule has 0 aromatic heterocycles. The maximum absolute atomic E-state index is 13.2. The summed E-state index contributed by atoms with van der Waals surface area (Å²) in [5.41, 5.74) is 3.17. The minimum atomic E-state index is -3.89. The Morgan fingerprint density at radius 1 is 1.07 bits per heavy atom. The van der Waals surface area contributed by atoms with Crippen molar-refractivity contribution < 1.29 is 17.9 Å². The van der Waals surface area contributed by atoms with Crippen LogP contribution in [0.3, 0.4) is 0 Å². The molecule has 0 spiro atoms. The molecule has 0 saturated carbocycles. The molecule has 2 rings (SSSR count). The van der Waals surface area contributed by atoms with Gasteiger partial charge in [0.1, 0.15) is 6.04 Å². The van der Waals surface area contributed by atoms with Crippen molar-refractivity contribution in [2.24, 2.45) is 0 Å². The van der Waals surface area contributed by atoms with Crippen molar-refractivity contribution in [2.75, 3.05) is 13.7 Å². The number of sulfonamides is 1. The molecule has 2 N–H and O–H groups in total. The molecule has 0 fully saturated rings. The first-order valence-electron chi connectivity index (χ1n) is 9.57. The summed E-state index contributed by atoms with van der Waals surface area (Å²) in [5.74, 6) is -0.385. The van der Waals surface area contributed by atoms with Gasteiger partial charge in [-0.25, -0.2) is 8.42 Å². The van der Waals surface area contributed by atoms with Crippen LogP contribution in [-0.2, 0) is 26.0 Å². The van der Waals surface area contributed by atoms with Crippen LogP contribution in [0.1, 0.15) is 29.2 Å². The first kappa shape index (κ1) is 23.1. The SMILES string of the molecule is COC[C@@H](C)NC(=O)[C@@H](Cc1ccccc1)NS(=O)(=O)c1c(C)cc(C)cc1C. The standard InChI is InChI=1S/C22H30N2O4S/c1-15-11-16(2)21(17(3)12-15)29(26,27)24-20(13-19-9-7-6-8-10-19)22(25)23-18(4)14-28-5/h6-12,18,20,24H,13-14H2,1-5H3,(H,23,25)/t18-,20-/m1/s1. The van der Waals surface area contributed by atoms with Crippen molar-refractivity contribution in [1.82, 2.24) is 10.0 Å². The van der Waals surface area contributed by atoms with Crippen molar-refractivity contribution in [3.05, 3.63) is 64.7 Å². The summed E-state index contributed by atoms with van der Waals surface area (Å²) < 4.78 is 34.1. The van der Waals surface area contributed by atoms with Crippen LogP contribution in [-0.4, -0.2) is 40.1 Å². The highest BCUT2D eigenvalue weighted by Crippen LogP contribution is 2.22. The lowest BCUT2D eigenvalue weighted by molar-refractivity contribution is -0.123. The van der Waals surface area contributed by atoms with Gasteiger partial charge in [0.15, 0.2) is 0 Å². The molecule has 0 heterocycles. The topological polar surface area (TPSA) is 84.5 Å². The molecule has 0 aliphatic carbocycles. The van der Waals surface area contributed by atoms with Gasteiger partial charge in [0.05, 0.1) is 11.5 Å². The third kappa shape index (κ3) is 6.39. The minimum Gasteiger partial charge on any atom is -0.383 e. The Morgan fingerprint density at radius 3 is 2.21 bits per heavy atom.